The highest BCUT2D eigenvalue weighted by atomic mass is 16.7. The number of aliphatic hydroxyl groups is 5. The molecule has 0 bridgehead atoms. The molecule has 1 amide bonds. The molecule has 0 radical (unpaired) electrons. The second-order valence-electron chi connectivity index (χ2n) is 20.3. The third-order valence-electron chi connectivity index (χ3n) is 13.4. The van der Waals surface area contributed by atoms with E-state index in [9.17, 15) is 35.1 Å². The average Bonchev–Trinajstić information content (AvgIpc) is 3.43. The summed E-state index contributed by atoms with van der Waals surface area (Å²) in [5.74, 6) is -1.25. The predicted molar refractivity (Wildman–Crippen MR) is 319 cm³/mol. The van der Waals surface area contributed by atoms with Crippen LogP contribution < -0.4 is 5.32 Å². The van der Waals surface area contributed by atoms with Crippen LogP contribution in [0.3, 0.4) is 0 Å². The summed E-state index contributed by atoms with van der Waals surface area (Å²) in [5.41, 5.74) is 0. The molecular weight excluding hydrogens is 967 g/mol. The lowest BCUT2D eigenvalue weighted by atomic mass is 9.99. The van der Waals surface area contributed by atoms with Crippen molar-refractivity contribution in [3.63, 3.8) is 0 Å². The molecule has 0 spiro atoms. The highest BCUT2D eigenvalue weighted by Crippen LogP contribution is 2.26. The third kappa shape index (κ3) is 40.8. The largest absolute Gasteiger partial charge is 0.454 e. The van der Waals surface area contributed by atoms with E-state index in [4.69, 9.17) is 14.2 Å². The van der Waals surface area contributed by atoms with Crippen molar-refractivity contribution in [2.24, 2.45) is 0 Å². The van der Waals surface area contributed by atoms with E-state index in [0.29, 0.717) is 12.8 Å². The number of ether oxygens (including phenoxy) is 3. The summed E-state index contributed by atoms with van der Waals surface area (Å²) in [6, 6.07) is -1.05. The molecule has 0 aromatic heterocycles. The molecule has 11 nitrogen and oxygen atoms in total. The SMILES string of the molecule is CC/C=C\C/C=C\C/C=C\C/C=C\C/C=C\C/C=C\CCCCCCC(=O)OC1C(OCC(NC(=O)C(O)CCCCC/C=C/C/C=C/C/C=C/CC)C(O)/C=C/CCCCCCCCCCCC)OC(CO)C(O)C1O. The van der Waals surface area contributed by atoms with Crippen LogP contribution in [0.1, 0.15) is 220 Å². The Morgan fingerprint density at radius 1 is 0.519 bits per heavy atom. The minimum absolute atomic E-state index is 0.0836. The molecule has 77 heavy (non-hydrogen) atoms. The van der Waals surface area contributed by atoms with Gasteiger partial charge in [-0.1, -0.05) is 226 Å². The number of esters is 1. The summed E-state index contributed by atoms with van der Waals surface area (Å²) < 4.78 is 17.6. The third-order valence-corrected chi connectivity index (χ3v) is 13.4. The molecule has 1 aliphatic rings. The van der Waals surface area contributed by atoms with Crippen LogP contribution in [0.5, 0.6) is 0 Å². The smallest absolute Gasteiger partial charge is 0.306 e. The van der Waals surface area contributed by atoms with Gasteiger partial charge in [-0.3, -0.25) is 9.59 Å². The van der Waals surface area contributed by atoms with E-state index in [1.807, 2.05) is 6.08 Å². The Labute approximate surface area is 468 Å². The van der Waals surface area contributed by atoms with E-state index in [-0.39, 0.29) is 19.4 Å². The second-order valence-corrected chi connectivity index (χ2v) is 20.3. The van der Waals surface area contributed by atoms with Gasteiger partial charge in [0.2, 0.25) is 5.91 Å². The Balaban J connectivity index is 2.70. The molecule has 1 heterocycles. The van der Waals surface area contributed by atoms with Gasteiger partial charge in [-0.25, -0.2) is 0 Å². The number of aliphatic hydroxyl groups excluding tert-OH is 5. The van der Waals surface area contributed by atoms with Gasteiger partial charge in [0.05, 0.1) is 25.4 Å². The van der Waals surface area contributed by atoms with Crippen molar-refractivity contribution >= 4 is 11.9 Å². The minimum Gasteiger partial charge on any atom is -0.454 e. The van der Waals surface area contributed by atoms with Gasteiger partial charge in [-0.05, 0) is 109 Å². The van der Waals surface area contributed by atoms with Crippen LogP contribution in [0.15, 0.2) is 122 Å². The van der Waals surface area contributed by atoms with Crippen molar-refractivity contribution < 1.29 is 49.3 Å². The molecule has 1 rings (SSSR count). The zero-order chi connectivity index (χ0) is 56.1. The standard InChI is InChI=1S/C66H109NO10/c1-4-7-10-13-16-19-22-25-26-27-28-29-30-31-32-33-34-36-39-42-45-48-51-54-61(71)77-64-63(73)62(72)60(55-68)76-66(64)75-56-57(58(69)52-49-46-43-40-37-24-21-18-15-12-9-6-3)67-65(74)59(70)53-50-47-44-41-38-35-23-20-17-14-11-8-5-2/h7-8,10-11,16-17,19-20,25-26,28-29,31-32,34-36,38,49,52,57-60,62-64,66,68-70,72-73H,4-6,9,12-15,18,21-24,27,30,33,37,39-48,50-51,53-56H2,1-3H3,(H,67,74)/b10-7-,11-8+,19-16-,20-17+,26-25-,29-28-,32-31-,36-34-,38-35+,52-49+. The number of rotatable bonds is 49. The zero-order valence-electron chi connectivity index (χ0n) is 48.3. The van der Waals surface area contributed by atoms with Crippen LogP contribution in [0.4, 0.5) is 0 Å². The number of nitrogens with one attached hydrogen (secondary N) is 1. The van der Waals surface area contributed by atoms with Crippen LogP contribution in [0, 0.1) is 0 Å². The summed E-state index contributed by atoms with van der Waals surface area (Å²) in [4.78, 5) is 26.5. The van der Waals surface area contributed by atoms with E-state index < -0.39 is 67.4 Å². The number of allylic oxidation sites excluding steroid dienone is 19. The summed E-state index contributed by atoms with van der Waals surface area (Å²) in [6.45, 7) is 5.51. The van der Waals surface area contributed by atoms with Crippen LogP contribution in [0.2, 0.25) is 0 Å². The van der Waals surface area contributed by atoms with Gasteiger partial charge in [0.25, 0.3) is 0 Å². The van der Waals surface area contributed by atoms with E-state index in [0.717, 1.165) is 128 Å². The van der Waals surface area contributed by atoms with Crippen molar-refractivity contribution in [1.29, 1.82) is 0 Å². The summed E-state index contributed by atoms with van der Waals surface area (Å²) >= 11 is 0. The molecule has 1 saturated heterocycles. The first-order valence-electron chi connectivity index (χ1n) is 30.3. The van der Waals surface area contributed by atoms with E-state index >= 15 is 0 Å². The normalized spacial score (nSPS) is 19.9. The lowest BCUT2D eigenvalue weighted by molar-refractivity contribution is -0.305. The van der Waals surface area contributed by atoms with Crippen molar-refractivity contribution in [2.75, 3.05) is 13.2 Å². The van der Waals surface area contributed by atoms with Gasteiger partial charge in [0.15, 0.2) is 12.4 Å². The molecule has 438 valence electrons. The van der Waals surface area contributed by atoms with Crippen molar-refractivity contribution in [3.05, 3.63) is 122 Å². The van der Waals surface area contributed by atoms with Crippen molar-refractivity contribution in [1.82, 2.24) is 5.32 Å². The first kappa shape index (κ1) is 71.1. The lowest BCUT2D eigenvalue weighted by Crippen LogP contribution is -2.61. The van der Waals surface area contributed by atoms with Crippen LogP contribution in [-0.4, -0.2) is 99.6 Å². The maximum absolute atomic E-state index is 13.4. The van der Waals surface area contributed by atoms with Crippen LogP contribution >= 0.6 is 0 Å². The zero-order valence-corrected chi connectivity index (χ0v) is 48.3. The van der Waals surface area contributed by atoms with Crippen LogP contribution in [-0.2, 0) is 23.8 Å². The highest BCUT2D eigenvalue weighted by Gasteiger charge is 2.47. The number of carbonyl (C=O) groups is 2. The van der Waals surface area contributed by atoms with Gasteiger partial charge in [-0.15, -0.1) is 0 Å². The molecular formula is C66H109NO10. The fourth-order valence-electron chi connectivity index (χ4n) is 8.61. The van der Waals surface area contributed by atoms with Gasteiger partial charge < -0.3 is 45.1 Å². The van der Waals surface area contributed by atoms with Gasteiger partial charge >= 0.3 is 5.97 Å². The Morgan fingerprint density at radius 2 is 0.935 bits per heavy atom. The first-order chi connectivity index (χ1) is 37.7. The average molecular weight is 1080 g/mol. The molecule has 0 saturated carbocycles. The molecule has 8 atom stereocenters. The fourth-order valence-corrected chi connectivity index (χ4v) is 8.61. The summed E-state index contributed by atoms with van der Waals surface area (Å²) in [5, 5.41) is 56.9. The number of carbonyl (C=O) groups excluding carboxylic acids is 2. The van der Waals surface area contributed by atoms with Gasteiger partial charge in [0.1, 0.15) is 24.4 Å². The topological polar surface area (TPSA) is 175 Å². The maximum Gasteiger partial charge on any atom is 0.306 e. The van der Waals surface area contributed by atoms with Gasteiger partial charge in [0, 0.05) is 6.42 Å². The first-order valence-corrected chi connectivity index (χ1v) is 30.3. The molecule has 1 fully saturated rings. The number of unbranched alkanes of at least 4 members (excludes halogenated alkanes) is 17. The molecule has 8 unspecified atom stereocenters. The van der Waals surface area contributed by atoms with Crippen molar-refractivity contribution in [3.8, 4) is 0 Å². The predicted octanol–water partition coefficient (Wildman–Crippen LogP) is 14.3. The molecule has 0 aromatic rings. The minimum atomic E-state index is -1.64. The molecule has 6 N–H and O–H groups in total. The van der Waals surface area contributed by atoms with Crippen molar-refractivity contribution in [2.45, 2.75) is 269 Å². The molecule has 0 aromatic carbocycles. The van der Waals surface area contributed by atoms with E-state index in [2.05, 4.69) is 135 Å². The van der Waals surface area contributed by atoms with E-state index in [1.165, 1.54) is 44.9 Å². The molecule has 1 aliphatic heterocycles. The summed E-state index contributed by atoms with van der Waals surface area (Å²) in [7, 11) is 0. The van der Waals surface area contributed by atoms with Gasteiger partial charge in [-0.2, -0.15) is 0 Å². The lowest BCUT2D eigenvalue weighted by Gasteiger charge is -2.41. The highest BCUT2D eigenvalue weighted by molar-refractivity contribution is 5.80. The molecule has 11 heteroatoms. The Bertz CT molecular complexity index is 1710. The Kier molecular flexibility index (Phi) is 48.7. The maximum atomic E-state index is 13.4. The molecule has 0 aliphatic carbocycles. The Morgan fingerprint density at radius 3 is 1.40 bits per heavy atom. The number of amides is 1. The monoisotopic (exact) mass is 1080 g/mol. The second kappa shape index (κ2) is 52.7. The van der Waals surface area contributed by atoms with E-state index in [1.54, 1.807) is 6.08 Å². The fraction of sp³-hybridized carbons (Fsp3) is 0.667. The van der Waals surface area contributed by atoms with Crippen LogP contribution in [0.25, 0.3) is 0 Å². The quantitative estimate of drug-likeness (QED) is 0.0195. The number of hydrogen-bond acceptors (Lipinski definition) is 10. The summed E-state index contributed by atoms with van der Waals surface area (Å²) in [6.07, 6.45) is 62.4. The Hall–Kier alpha value is -3.94. The number of hydrogen-bond donors (Lipinski definition) is 6.